The first-order valence-electron chi connectivity index (χ1n) is 6.23. The summed E-state index contributed by atoms with van der Waals surface area (Å²) in [7, 11) is 0. The number of carbonyl (C=O) groups excluding carboxylic acids is 1. The molecule has 0 bridgehead atoms. The summed E-state index contributed by atoms with van der Waals surface area (Å²) < 4.78 is 1.92. The Morgan fingerprint density at radius 1 is 1.21 bits per heavy atom. The van der Waals surface area contributed by atoms with Crippen LogP contribution in [0.5, 0.6) is 0 Å². The third-order valence-electron chi connectivity index (χ3n) is 3.31. The van der Waals surface area contributed by atoms with Gasteiger partial charge in [-0.2, -0.15) is 5.10 Å². The highest BCUT2D eigenvalue weighted by Crippen LogP contribution is 2.15. The molecule has 0 saturated carbocycles. The number of carbonyl (C=O) groups is 1. The molecule has 0 radical (unpaired) electrons. The topological polar surface area (TPSA) is 34.9 Å². The third kappa shape index (κ3) is 2.27. The highest BCUT2D eigenvalue weighted by molar-refractivity contribution is 5.86. The third-order valence-corrected chi connectivity index (χ3v) is 3.31. The Kier molecular flexibility index (Phi) is 2.88. The molecular weight excluding hydrogens is 236 g/mol. The Hall–Kier alpha value is -2.42. The van der Waals surface area contributed by atoms with Crippen molar-refractivity contribution in [2.24, 2.45) is 0 Å². The van der Waals surface area contributed by atoms with E-state index in [-0.39, 0.29) is 0 Å². The second-order valence-corrected chi connectivity index (χ2v) is 4.69. The van der Waals surface area contributed by atoms with Crippen LogP contribution in [0.25, 0.3) is 10.9 Å². The zero-order chi connectivity index (χ0) is 13.2. The number of nitrogens with zero attached hydrogens (tertiary/aromatic N) is 2. The largest absolute Gasteiger partial charge is 0.298 e. The number of fused-ring (bicyclic) bond motifs is 1. The van der Waals surface area contributed by atoms with Crippen molar-refractivity contribution in [3.8, 4) is 0 Å². The van der Waals surface area contributed by atoms with Gasteiger partial charge in [0.1, 0.15) is 6.29 Å². The molecule has 0 aliphatic heterocycles. The van der Waals surface area contributed by atoms with E-state index < -0.39 is 0 Å². The molecule has 3 rings (SSSR count). The predicted octanol–water partition coefficient (Wildman–Crippen LogP) is 3.21. The fourth-order valence-corrected chi connectivity index (χ4v) is 2.21. The zero-order valence-electron chi connectivity index (χ0n) is 10.7. The fraction of sp³-hybridized carbons (Fsp3) is 0.125. The predicted molar refractivity (Wildman–Crippen MR) is 75.4 cm³/mol. The SMILES string of the molecule is Cc1ccccc1Cn1cc2cc(C=O)ccc2n1. The maximum absolute atomic E-state index is 10.8. The van der Waals surface area contributed by atoms with Crippen molar-refractivity contribution in [2.45, 2.75) is 13.5 Å². The maximum Gasteiger partial charge on any atom is 0.150 e. The molecule has 3 heteroatoms. The molecule has 0 spiro atoms. The van der Waals surface area contributed by atoms with E-state index in [1.54, 1.807) is 6.07 Å². The molecule has 0 aliphatic rings. The van der Waals surface area contributed by atoms with Gasteiger partial charge in [0, 0.05) is 17.1 Å². The number of aldehydes is 1. The van der Waals surface area contributed by atoms with Gasteiger partial charge < -0.3 is 0 Å². The molecule has 0 saturated heterocycles. The van der Waals surface area contributed by atoms with E-state index in [0.29, 0.717) is 5.56 Å². The van der Waals surface area contributed by atoms with Gasteiger partial charge in [-0.25, -0.2) is 0 Å². The van der Waals surface area contributed by atoms with Crippen molar-refractivity contribution in [2.75, 3.05) is 0 Å². The average Bonchev–Trinajstić information content (AvgIpc) is 2.82. The van der Waals surface area contributed by atoms with Gasteiger partial charge in [0.05, 0.1) is 12.1 Å². The smallest absolute Gasteiger partial charge is 0.150 e. The van der Waals surface area contributed by atoms with Crippen LogP contribution in [0, 0.1) is 6.92 Å². The van der Waals surface area contributed by atoms with Gasteiger partial charge in [-0.1, -0.05) is 24.3 Å². The summed E-state index contributed by atoms with van der Waals surface area (Å²) in [6.45, 7) is 2.85. The number of hydrogen-bond acceptors (Lipinski definition) is 2. The lowest BCUT2D eigenvalue weighted by Crippen LogP contribution is -2.01. The van der Waals surface area contributed by atoms with Crippen LogP contribution in [-0.4, -0.2) is 16.1 Å². The molecule has 0 unspecified atom stereocenters. The van der Waals surface area contributed by atoms with Crippen LogP contribution in [0.4, 0.5) is 0 Å². The Labute approximate surface area is 111 Å². The van der Waals surface area contributed by atoms with E-state index in [9.17, 15) is 4.79 Å². The van der Waals surface area contributed by atoms with Crippen molar-refractivity contribution < 1.29 is 4.79 Å². The summed E-state index contributed by atoms with van der Waals surface area (Å²) in [5, 5.41) is 5.52. The molecule has 3 aromatic rings. The van der Waals surface area contributed by atoms with E-state index in [1.165, 1.54) is 11.1 Å². The lowest BCUT2D eigenvalue weighted by atomic mass is 10.1. The summed E-state index contributed by atoms with van der Waals surface area (Å²) in [6, 6.07) is 13.8. The summed E-state index contributed by atoms with van der Waals surface area (Å²) in [5.41, 5.74) is 4.11. The molecule has 0 amide bonds. The van der Waals surface area contributed by atoms with Crippen molar-refractivity contribution in [1.29, 1.82) is 0 Å². The van der Waals surface area contributed by atoms with Crippen LogP contribution in [0.2, 0.25) is 0 Å². The van der Waals surface area contributed by atoms with Gasteiger partial charge in [0.2, 0.25) is 0 Å². The second kappa shape index (κ2) is 4.69. The minimum atomic E-state index is 0.683. The molecule has 1 aromatic heterocycles. The first kappa shape index (κ1) is 11.7. The number of aryl methyl sites for hydroxylation is 1. The summed E-state index contributed by atoms with van der Waals surface area (Å²) in [6.07, 6.45) is 2.84. The summed E-state index contributed by atoms with van der Waals surface area (Å²) >= 11 is 0. The van der Waals surface area contributed by atoms with Crippen LogP contribution in [0.15, 0.2) is 48.7 Å². The highest BCUT2D eigenvalue weighted by atomic mass is 16.1. The van der Waals surface area contributed by atoms with E-state index in [4.69, 9.17) is 0 Å². The highest BCUT2D eigenvalue weighted by Gasteiger charge is 2.04. The van der Waals surface area contributed by atoms with E-state index in [0.717, 1.165) is 23.7 Å². The van der Waals surface area contributed by atoms with Crippen LogP contribution in [0.1, 0.15) is 21.5 Å². The molecular formula is C16H14N2O. The molecule has 0 atom stereocenters. The lowest BCUT2D eigenvalue weighted by Gasteiger charge is -2.04. The van der Waals surface area contributed by atoms with E-state index in [2.05, 4.69) is 24.2 Å². The Morgan fingerprint density at radius 2 is 2.05 bits per heavy atom. The first-order valence-corrected chi connectivity index (χ1v) is 6.23. The number of aromatic nitrogens is 2. The normalized spacial score (nSPS) is 10.8. The summed E-state index contributed by atoms with van der Waals surface area (Å²) in [4.78, 5) is 10.8. The van der Waals surface area contributed by atoms with Gasteiger partial charge in [-0.05, 0) is 36.2 Å². The van der Waals surface area contributed by atoms with Crippen molar-refractivity contribution >= 4 is 17.2 Å². The summed E-state index contributed by atoms with van der Waals surface area (Å²) in [5.74, 6) is 0. The van der Waals surface area contributed by atoms with Crippen LogP contribution < -0.4 is 0 Å². The van der Waals surface area contributed by atoms with E-state index in [1.807, 2.05) is 35.1 Å². The zero-order valence-corrected chi connectivity index (χ0v) is 10.7. The maximum atomic E-state index is 10.8. The second-order valence-electron chi connectivity index (χ2n) is 4.69. The van der Waals surface area contributed by atoms with Crippen LogP contribution in [-0.2, 0) is 6.54 Å². The van der Waals surface area contributed by atoms with Gasteiger partial charge in [-0.15, -0.1) is 0 Å². The van der Waals surface area contributed by atoms with Crippen LogP contribution in [0.3, 0.4) is 0 Å². The number of hydrogen-bond donors (Lipinski definition) is 0. The average molecular weight is 250 g/mol. The van der Waals surface area contributed by atoms with E-state index >= 15 is 0 Å². The molecule has 0 fully saturated rings. The minimum absolute atomic E-state index is 0.683. The molecule has 19 heavy (non-hydrogen) atoms. The Bertz CT molecular complexity index is 743. The lowest BCUT2D eigenvalue weighted by molar-refractivity contribution is 0.112. The Balaban J connectivity index is 1.98. The standard InChI is InChI=1S/C16H14N2O/c1-12-4-2-3-5-14(12)9-18-10-15-8-13(11-19)6-7-16(15)17-18/h2-8,10-11H,9H2,1H3. The molecule has 3 nitrogen and oxygen atoms in total. The monoisotopic (exact) mass is 250 g/mol. The first-order chi connectivity index (χ1) is 9.26. The van der Waals surface area contributed by atoms with Gasteiger partial charge in [0.25, 0.3) is 0 Å². The molecule has 94 valence electrons. The molecule has 2 aromatic carbocycles. The molecule has 0 aliphatic carbocycles. The van der Waals surface area contributed by atoms with Gasteiger partial charge >= 0.3 is 0 Å². The molecule has 1 heterocycles. The fourth-order valence-electron chi connectivity index (χ4n) is 2.21. The number of benzene rings is 2. The quantitative estimate of drug-likeness (QED) is 0.669. The van der Waals surface area contributed by atoms with Gasteiger partial charge in [-0.3, -0.25) is 9.48 Å². The van der Waals surface area contributed by atoms with Gasteiger partial charge in [0.15, 0.2) is 0 Å². The Morgan fingerprint density at radius 3 is 2.84 bits per heavy atom. The molecule has 0 N–H and O–H groups in total. The number of rotatable bonds is 3. The minimum Gasteiger partial charge on any atom is -0.298 e. The van der Waals surface area contributed by atoms with Crippen molar-refractivity contribution in [3.05, 3.63) is 65.4 Å². The van der Waals surface area contributed by atoms with Crippen molar-refractivity contribution in [1.82, 2.24) is 9.78 Å². The van der Waals surface area contributed by atoms with Crippen molar-refractivity contribution in [3.63, 3.8) is 0 Å². The van der Waals surface area contributed by atoms with Crippen LogP contribution >= 0.6 is 0 Å².